The molecule has 0 heteroatoms. The molecular weight excluding hydrogens is 613 g/mol. The van der Waals surface area contributed by atoms with Crippen LogP contribution in [0.15, 0.2) is 115 Å². The van der Waals surface area contributed by atoms with Gasteiger partial charge in [0.2, 0.25) is 0 Å². The molecule has 0 nitrogen and oxygen atoms in total. The molecule has 0 radical (unpaired) electrons. The number of rotatable bonds is 3. The summed E-state index contributed by atoms with van der Waals surface area (Å²) in [6.07, 6.45) is 2.14. The maximum Gasteiger partial charge on any atom is 0.0162 e. The molecule has 0 atom stereocenters. The van der Waals surface area contributed by atoms with E-state index in [2.05, 4.69) is 191 Å². The van der Waals surface area contributed by atoms with E-state index in [-0.39, 0.29) is 21.7 Å². The molecule has 0 unspecified atom stereocenters. The smallest absolute Gasteiger partial charge is 0.0162 e. The SMILES string of the molecule is CC(C)(C)c1ccc(CCc2ccc3c(c2)C(C)(C)c2c-3ccc3c2C(C)(C)c2ccc4ccccc4c2-3)cc1.Cc1ccc(C(C)(C)C)cc1. The Balaban J connectivity index is 0.000000318. The average Bonchev–Trinajstić information content (AvgIpc) is 3.46. The first kappa shape index (κ1) is 35.0. The van der Waals surface area contributed by atoms with Gasteiger partial charge in [0.15, 0.2) is 0 Å². The third kappa shape index (κ3) is 6.16. The highest BCUT2D eigenvalue weighted by Gasteiger charge is 2.46. The predicted molar refractivity (Wildman–Crippen MR) is 222 cm³/mol. The second-order valence-electron chi connectivity index (χ2n) is 18.3. The largest absolute Gasteiger partial charge is 0.0616 e. The van der Waals surface area contributed by atoms with Crippen molar-refractivity contribution in [1.82, 2.24) is 0 Å². The van der Waals surface area contributed by atoms with Crippen LogP contribution in [-0.2, 0) is 34.5 Å². The van der Waals surface area contributed by atoms with Gasteiger partial charge >= 0.3 is 0 Å². The molecule has 8 rings (SSSR count). The van der Waals surface area contributed by atoms with Gasteiger partial charge in [0.25, 0.3) is 0 Å². The van der Waals surface area contributed by atoms with Gasteiger partial charge in [-0.3, -0.25) is 0 Å². The van der Waals surface area contributed by atoms with Crippen molar-refractivity contribution in [2.75, 3.05) is 0 Å². The van der Waals surface area contributed by atoms with Crippen LogP contribution >= 0.6 is 0 Å². The third-order valence-corrected chi connectivity index (χ3v) is 11.8. The number of aryl methyl sites for hydroxylation is 3. The zero-order chi connectivity index (χ0) is 36.5. The Bertz CT molecular complexity index is 2240. The van der Waals surface area contributed by atoms with Crippen LogP contribution in [0.5, 0.6) is 0 Å². The normalized spacial score (nSPS) is 15.0. The second-order valence-corrected chi connectivity index (χ2v) is 18.3. The maximum atomic E-state index is 2.51. The summed E-state index contributed by atoms with van der Waals surface area (Å²) in [5.41, 5.74) is 19.1. The zero-order valence-electron chi connectivity index (χ0n) is 32.9. The van der Waals surface area contributed by atoms with Crippen molar-refractivity contribution in [3.05, 3.63) is 165 Å². The first-order chi connectivity index (χ1) is 24.0. The molecule has 0 aromatic heterocycles. The highest BCUT2D eigenvalue weighted by Crippen LogP contribution is 2.60. The van der Waals surface area contributed by atoms with Gasteiger partial charge in [-0.1, -0.05) is 190 Å². The molecule has 0 saturated carbocycles. The van der Waals surface area contributed by atoms with Gasteiger partial charge in [0, 0.05) is 10.8 Å². The monoisotopic (exact) mass is 668 g/mol. The van der Waals surface area contributed by atoms with E-state index in [0.717, 1.165) is 12.8 Å². The van der Waals surface area contributed by atoms with E-state index >= 15 is 0 Å². The lowest BCUT2D eigenvalue weighted by molar-refractivity contribution is 0.589. The van der Waals surface area contributed by atoms with Gasteiger partial charge in [-0.05, 0) is 108 Å². The minimum Gasteiger partial charge on any atom is -0.0616 e. The van der Waals surface area contributed by atoms with Gasteiger partial charge < -0.3 is 0 Å². The first-order valence-electron chi connectivity index (χ1n) is 19.0. The van der Waals surface area contributed by atoms with E-state index in [9.17, 15) is 0 Å². The van der Waals surface area contributed by atoms with Crippen molar-refractivity contribution in [3.8, 4) is 22.3 Å². The number of hydrogen-bond donors (Lipinski definition) is 0. The molecule has 260 valence electrons. The van der Waals surface area contributed by atoms with E-state index < -0.39 is 0 Å². The van der Waals surface area contributed by atoms with Gasteiger partial charge in [0.05, 0.1) is 0 Å². The molecule has 0 amide bonds. The van der Waals surface area contributed by atoms with Crippen molar-refractivity contribution in [1.29, 1.82) is 0 Å². The summed E-state index contributed by atoms with van der Waals surface area (Å²) in [4.78, 5) is 0. The number of hydrogen-bond acceptors (Lipinski definition) is 0. The molecule has 0 fully saturated rings. The van der Waals surface area contributed by atoms with Crippen LogP contribution in [0.2, 0.25) is 0 Å². The van der Waals surface area contributed by atoms with Gasteiger partial charge in [-0.2, -0.15) is 0 Å². The lowest BCUT2D eigenvalue weighted by atomic mass is 9.72. The van der Waals surface area contributed by atoms with Crippen molar-refractivity contribution in [2.24, 2.45) is 0 Å². The van der Waals surface area contributed by atoms with Gasteiger partial charge in [-0.25, -0.2) is 0 Å². The quantitative estimate of drug-likeness (QED) is 0.176. The van der Waals surface area contributed by atoms with E-state index in [1.807, 2.05) is 0 Å². The van der Waals surface area contributed by atoms with E-state index in [1.165, 1.54) is 83.1 Å². The Hall–Kier alpha value is -4.42. The molecule has 2 aliphatic carbocycles. The topological polar surface area (TPSA) is 0 Å². The van der Waals surface area contributed by atoms with Crippen LogP contribution in [0, 0.1) is 6.92 Å². The van der Waals surface area contributed by atoms with E-state index in [1.54, 1.807) is 0 Å². The van der Waals surface area contributed by atoms with E-state index in [0.29, 0.717) is 0 Å². The molecular formula is C51H56. The van der Waals surface area contributed by atoms with Gasteiger partial charge in [0.1, 0.15) is 0 Å². The molecule has 0 N–H and O–H groups in total. The summed E-state index contributed by atoms with van der Waals surface area (Å²) in [5, 5.41) is 2.70. The molecule has 0 spiro atoms. The highest BCUT2D eigenvalue weighted by molar-refractivity contribution is 6.04. The fourth-order valence-electron chi connectivity index (χ4n) is 8.70. The highest BCUT2D eigenvalue weighted by atomic mass is 14.5. The Kier molecular flexibility index (Phi) is 8.49. The molecule has 0 saturated heterocycles. The molecule has 2 aliphatic rings. The molecule has 0 heterocycles. The van der Waals surface area contributed by atoms with Gasteiger partial charge in [-0.15, -0.1) is 0 Å². The second kappa shape index (κ2) is 12.4. The lowest BCUT2D eigenvalue weighted by Crippen LogP contribution is -2.24. The predicted octanol–water partition coefficient (Wildman–Crippen LogP) is 13.8. The van der Waals surface area contributed by atoms with Crippen LogP contribution in [0.4, 0.5) is 0 Å². The minimum atomic E-state index is -0.0461. The van der Waals surface area contributed by atoms with Crippen LogP contribution in [0.25, 0.3) is 33.0 Å². The number of fused-ring (bicyclic) bond motifs is 9. The summed E-state index contributed by atoms with van der Waals surface area (Å²) >= 11 is 0. The lowest BCUT2D eigenvalue weighted by Gasteiger charge is -2.30. The molecule has 6 aromatic rings. The van der Waals surface area contributed by atoms with Crippen LogP contribution in [-0.4, -0.2) is 0 Å². The minimum absolute atomic E-state index is 0.0403. The summed E-state index contributed by atoms with van der Waals surface area (Å²) in [6, 6.07) is 43.7. The van der Waals surface area contributed by atoms with Crippen LogP contribution < -0.4 is 0 Å². The standard InChI is InChI=1S/C40H40.C11H16/c1-38(2,3)28-18-14-25(15-19-28)12-13-26-16-20-30-31-21-22-32-35-29-11-9-8-10-27(29)17-23-33(35)39(4,5)37(32)36(31)40(6,7)34(30)24-26;1-9-5-7-10(8-6-9)11(2,3)4/h8-11,14-24H,12-13H2,1-7H3;5-8H,1-4H3. The van der Waals surface area contributed by atoms with E-state index in [4.69, 9.17) is 0 Å². The Morgan fingerprint density at radius 1 is 0.471 bits per heavy atom. The number of benzene rings is 6. The molecule has 6 aromatic carbocycles. The summed E-state index contributed by atoms with van der Waals surface area (Å²) in [5.74, 6) is 0. The Labute approximate surface area is 308 Å². The average molecular weight is 669 g/mol. The molecule has 0 bridgehead atoms. The fraction of sp³-hybridized carbons (Fsp3) is 0.333. The van der Waals surface area contributed by atoms with Crippen LogP contribution in [0.3, 0.4) is 0 Å². The van der Waals surface area contributed by atoms with Crippen molar-refractivity contribution < 1.29 is 0 Å². The van der Waals surface area contributed by atoms with Crippen molar-refractivity contribution in [2.45, 2.75) is 111 Å². The fourth-order valence-corrected chi connectivity index (χ4v) is 8.70. The molecule has 0 aliphatic heterocycles. The first-order valence-corrected chi connectivity index (χ1v) is 19.0. The summed E-state index contributed by atoms with van der Waals surface area (Å²) in [7, 11) is 0. The molecule has 51 heavy (non-hydrogen) atoms. The maximum absolute atomic E-state index is 2.51. The zero-order valence-corrected chi connectivity index (χ0v) is 32.9. The summed E-state index contributed by atoms with van der Waals surface area (Å²) in [6.45, 7) is 25.4. The summed E-state index contributed by atoms with van der Waals surface area (Å²) < 4.78 is 0. The van der Waals surface area contributed by atoms with Crippen molar-refractivity contribution in [3.63, 3.8) is 0 Å². The third-order valence-electron chi connectivity index (χ3n) is 11.8. The Morgan fingerprint density at radius 2 is 0.980 bits per heavy atom. The van der Waals surface area contributed by atoms with Crippen molar-refractivity contribution >= 4 is 10.8 Å². The van der Waals surface area contributed by atoms with Crippen LogP contribution in [0.1, 0.15) is 119 Å². The Morgan fingerprint density at radius 3 is 1.63 bits per heavy atom.